The number of thiazole rings is 1. The molecule has 22 heavy (non-hydrogen) atoms. The molecule has 2 aromatic heterocycles. The van der Waals surface area contributed by atoms with E-state index in [0.717, 1.165) is 30.2 Å². The number of hydrogen-bond acceptors (Lipinski definition) is 5. The minimum absolute atomic E-state index is 0.262. The first kappa shape index (κ1) is 14.0. The highest BCUT2D eigenvalue weighted by atomic mass is 32.1. The molecular formula is C16H19N3O2S. The summed E-state index contributed by atoms with van der Waals surface area (Å²) in [4.78, 5) is 21.4. The molecule has 116 valence electrons. The van der Waals surface area contributed by atoms with E-state index in [0.29, 0.717) is 25.0 Å². The second-order valence-electron chi connectivity index (χ2n) is 6.11. The smallest absolute Gasteiger partial charge is 0.224 e. The Hall–Kier alpha value is -1.66. The van der Waals surface area contributed by atoms with Gasteiger partial charge < -0.3 is 9.32 Å². The van der Waals surface area contributed by atoms with Crippen LogP contribution in [-0.4, -0.2) is 39.3 Å². The van der Waals surface area contributed by atoms with Crippen LogP contribution in [0.25, 0.3) is 0 Å². The molecule has 5 nitrogen and oxygen atoms in total. The van der Waals surface area contributed by atoms with Crippen molar-refractivity contribution in [3.05, 3.63) is 40.2 Å². The van der Waals surface area contributed by atoms with Crippen molar-refractivity contribution in [2.75, 3.05) is 6.54 Å². The van der Waals surface area contributed by atoms with E-state index in [1.54, 1.807) is 23.9 Å². The van der Waals surface area contributed by atoms with E-state index in [1.807, 2.05) is 17.9 Å². The van der Waals surface area contributed by atoms with Crippen molar-refractivity contribution in [1.29, 1.82) is 0 Å². The lowest BCUT2D eigenvalue weighted by atomic mass is 10.1. The van der Waals surface area contributed by atoms with Gasteiger partial charge in [0.25, 0.3) is 0 Å². The zero-order chi connectivity index (χ0) is 15.1. The lowest BCUT2D eigenvalue weighted by molar-refractivity contribution is -0.129. The van der Waals surface area contributed by atoms with Gasteiger partial charge in [0, 0.05) is 42.5 Å². The Morgan fingerprint density at radius 1 is 1.41 bits per heavy atom. The van der Waals surface area contributed by atoms with Crippen LogP contribution in [0, 0.1) is 6.92 Å². The summed E-state index contributed by atoms with van der Waals surface area (Å²) >= 11 is 1.65. The first-order valence-electron chi connectivity index (χ1n) is 7.66. The zero-order valence-electron chi connectivity index (χ0n) is 12.6. The summed E-state index contributed by atoms with van der Waals surface area (Å²) in [6, 6.07) is 2.67. The fourth-order valence-electron chi connectivity index (χ4n) is 3.68. The topological polar surface area (TPSA) is 49.6 Å². The molecule has 2 fully saturated rings. The van der Waals surface area contributed by atoms with Gasteiger partial charge in [-0.05, 0) is 19.4 Å². The van der Waals surface area contributed by atoms with Crippen LogP contribution in [0.2, 0.25) is 0 Å². The number of nitrogens with zero attached hydrogens (tertiary/aromatic N) is 3. The third kappa shape index (κ3) is 2.46. The van der Waals surface area contributed by atoms with E-state index in [4.69, 9.17) is 4.42 Å². The van der Waals surface area contributed by atoms with Crippen molar-refractivity contribution in [3.63, 3.8) is 0 Å². The van der Waals surface area contributed by atoms with Gasteiger partial charge in [0.2, 0.25) is 5.91 Å². The average Bonchev–Trinajstić information content (AvgIpc) is 3.23. The average molecular weight is 317 g/mol. The number of amides is 1. The van der Waals surface area contributed by atoms with Gasteiger partial charge in [-0.1, -0.05) is 0 Å². The van der Waals surface area contributed by atoms with E-state index >= 15 is 0 Å². The second kappa shape index (κ2) is 5.52. The van der Waals surface area contributed by atoms with Gasteiger partial charge in [-0.15, -0.1) is 11.3 Å². The van der Waals surface area contributed by atoms with Crippen molar-refractivity contribution in [2.24, 2.45) is 0 Å². The summed E-state index contributed by atoms with van der Waals surface area (Å²) in [6.07, 6.45) is 5.18. The van der Waals surface area contributed by atoms with E-state index < -0.39 is 0 Å². The number of hydrogen-bond donors (Lipinski definition) is 0. The summed E-state index contributed by atoms with van der Waals surface area (Å²) in [7, 11) is 0. The molecule has 2 aliphatic heterocycles. The number of carbonyl (C=O) groups is 1. The van der Waals surface area contributed by atoms with Gasteiger partial charge in [0.15, 0.2) is 0 Å². The first-order valence-corrected chi connectivity index (χ1v) is 8.54. The van der Waals surface area contributed by atoms with E-state index in [-0.39, 0.29) is 5.91 Å². The molecule has 1 amide bonds. The Balaban J connectivity index is 1.47. The third-order valence-corrected chi connectivity index (χ3v) is 5.52. The first-order chi connectivity index (χ1) is 10.7. The Morgan fingerprint density at radius 2 is 2.32 bits per heavy atom. The maximum absolute atomic E-state index is 12.4. The fourth-order valence-corrected chi connectivity index (χ4v) is 4.29. The number of furan rings is 1. The normalized spacial score (nSPS) is 25.1. The van der Waals surface area contributed by atoms with Crippen molar-refractivity contribution in [1.82, 2.24) is 14.8 Å². The molecule has 2 saturated heterocycles. The minimum Gasteiger partial charge on any atom is -0.472 e. The number of rotatable bonds is 4. The van der Waals surface area contributed by atoms with Crippen LogP contribution in [0.1, 0.15) is 29.1 Å². The molecule has 0 spiro atoms. The summed E-state index contributed by atoms with van der Waals surface area (Å²) in [5.74, 6) is 0.262. The summed E-state index contributed by atoms with van der Waals surface area (Å²) < 4.78 is 5.15. The lowest BCUT2D eigenvalue weighted by Crippen LogP contribution is -2.36. The van der Waals surface area contributed by atoms with Gasteiger partial charge in [0.05, 0.1) is 29.8 Å². The highest BCUT2D eigenvalue weighted by Crippen LogP contribution is 2.34. The van der Waals surface area contributed by atoms with Gasteiger partial charge in [-0.25, -0.2) is 4.98 Å². The van der Waals surface area contributed by atoms with Gasteiger partial charge >= 0.3 is 0 Å². The Bertz CT molecular complexity index is 667. The third-order valence-electron chi connectivity index (χ3n) is 4.69. The van der Waals surface area contributed by atoms with Crippen LogP contribution in [-0.2, 0) is 17.9 Å². The molecule has 0 aromatic carbocycles. The molecular weight excluding hydrogens is 298 g/mol. The molecule has 0 saturated carbocycles. The molecule has 0 unspecified atom stereocenters. The van der Waals surface area contributed by atoms with Crippen molar-refractivity contribution in [2.45, 2.75) is 44.9 Å². The van der Waals surface area contributed by atoms with Crippen molar-refractivity contribution >= 4 is 17.2 Å². The highest BCUT2D eigenvalue weighted by molar-refractivity contribution is 7.09. The molecule has 0 radical (unpaired) electrons. The summed E-state index contributed by atoms with van der Waals surface area (Å²) in [5.41, 5.74) is 2.20. The Kier molecular flexibility index (Phi) is 3.50. The summed E-state index contributed by atoms with van der Waals surface area (Å²) in [5, 5.41) is 3.12. The SMILES string of the molecule is Cc1nc(CN2C(=O)C[C@H]3[C@H]2CCN3Cc2ccoc2)cs1. The quantitative estimate of drug-likeness (QED) is 0.869. The molecule has 2 aliphatic rings. The summed E-state index contributed by atoms with van der Waals surface area (Å²) in [6.45, 7) is 4.57. The maximum Gasteiger partial charge on any atom is 0.224 e. The lowest BCUT2D eigenvalue weighted by Gasteiger charge is -2.24. The number of aromatic nitrogens is 1. The van der Waals surface area contributed by atoms with E-state index in [2.05, 4.69) is 15.3 Å². The standard InChI is InChI=1S/C16H19N3O2S/c1-11-17-13(10-22-11)8-19-14-2-4-18(15(14)6-16(19)20)7-12-3-5-21-9-12/h3,5,9-10,14-15H,2,4,6-8H2,1H3/t14-,15+/m1/s1. The molecule has 4 rings (SSSR count). The van der Waals surface area contributed by atoms with Crippen molar-refractivity contribution in [3.8, 4) is 0 Å². The van der Waals surface area contributed by atoms with Crippen LogP contribution in [0.15, 0.2) is 28.4 Å². The van der Waals surface area contributed by atoms with Crippen LogP contribution in [0.5, 0.6) is 0 Å². The maximum atomic E-state index is 12.4. The van der Waals surface area contributed by atoms with Crippen LogP contribution >= 0.6 is 11.3 Å². The molecule has 0 bridgehead atoms. The van der Waals surface area contributed by atoms with E-state index in [1.165, 1.54) is 5.56 Å². The fraction of sp³-hybridized carbons (Fsp3) is 0.500. The Morgan fingerprint density at radius 3 is 3.05 bits per heavy atom. The second-order valence-corrected chi connectivity index (χ2v) is 7.17. The van der Waals surface area contributed by atoms with E-state index in [9.17, 15) is 4.79 Å². The number of fused-ring (bicyclic) bond motifs is 1. The number of likely N-dealkylation sites (tertiary alicyclic amines) is 2. The van der Waals surface area contributed by atoms with Crippen LogP contribution in [0.3, 0.4) is 0 Å². The number of aryl methyl sites for hydroxylation is 1. The molecule has 4 heterocycles. The van der Waals surface area contributed by atoms with Crippen LogP contribution in [0.4, 0.5) is 0 Å². The van der Waals surface area contributed by atoms with Crippen molar-refractivity contribution < 1.29 is 9.21 Å². The molecule has 2 aromatic rings. The molecule has 6 heteroatoms. The molecule has 0 aliphatic carbocycles. The predicted molar refractivity (Wildman–Crippen MR) is 83.3 cm³/mol. The Labute approximate surface area is 133 Å². The molecule has 0 N–H and O–H groups in total. The highest BCUT2D eigenvalue weighted by Gasteiger charge is 2.46. The van der Waals surface area contributed by atoms with Gasteiger partial charge in [-0.2, -0.15) is 0 Å². The predicted octanol–water partition coefficient (Wildman–Crippen LogP) is 2.42. The monoisotopic (exact) mass is 317 g/mol. The molecule has 2 atom stereocenters. The van der Waals surface area contributed by atoms with Gasteiger partial charge in [0.1, 0.15) is 0 Å². The number of carbonyl (C=O) groups excluding carboxylic acids is 1. The zero-order valence-corrected chi connectivity index (χ0v) is 13.4. The van der Waals surface area contributed by atoms with Crippen LogP contribution < -0.4 is 0 Å². The van der Waals surface area contributed by atoms with Gasteiger partial charge in [-0.3, -0.25) is 9.69 Å². The largest absolute Gasteiger partial charge is 0.472 e. The minimum atomic E-state index is 0.262.